The molecule has 4 rings (SSSR count). The lowest BCUT2D eigenvalue weighted by Gasteiger charge is -2.26. The van der Waals surface area contributed by atoms with Crippen molar-refractivity contribution in [3.8, 4) is 0 Å². The topological polar surface area (TPSA) is 57.8 Å². The zero-order valence-corrected chi connectivity index (χ0v) is 12.2. The number of amides is 1. The van der Waals surface area contributed by atoms with Gasteiger partial charge in [-0.15, -0.1) is 0 Å². The second-order valence-electron chi connectivity index (χ2n) is 5.73. The molecule has 1 heterocycles. The van der Waals surface area contributed by atoms with Gasteiger partial charge in [-0.1, -0.05) is 42.5 Å². The molecular formula is C18H17N3O. The van der Waals surface area contributed by atoms with Gasteiger partial charge in [-0.2, -0.15) is 5.10 Å². The molecule has 1 amide bonds. The van der Waals surface area contributed by atoms with E-state index >= 15 is 0 Å². The summed E-state index contributed by atoms with van der Waals surface area (Å²) in [4.78, 5) is 12.6. The van der Waals surface area contributed by atoms with Crippen LogP contribution in [0.3, 0.4) is 0 Å². The lowest BCUT2D eigenvalue weighted by molar-refractivity contribution is 0.0929. The summed E-state index contributed by atoms with van der Waals surface area (Å²) < 4.78 is 0. The van der Waals surface area contributed by atoms with Crippen LogP contribution in [-0.2, 0) is 6.42 Å². The molecular weight excluding hydrogens is 274 g/mol. The number of H-pyrrole nitrogens is 1. The summed E-state index contributed by atoms with van der Waals surface area (Å²) in [5, 5.41) is 11.1. The van der Waals surface area contributed by atoms with Gasteiger partial charge in [0.15, 0.2) is 5.69 Å². The Hall–Kier alpha value is -2.62. The minimum absolute atomic E-state index is 0.0768. The molecule has 0 unspecified atom stereocenters. The van der Waals surface area contributed by atoms with E-state index in [4.69, 9.17) is 0 Å². The molecule has 0 saturated heterocycles. The molecule has 4 heteroatoms. The molecule has 22 heavy (non-hydrogen) atoms. The number of hydrogen-bond donors (Lipinski definition) is 2. The SMILES string of the molecule is O=C(N[C@@H]1CCCc2ccccc21)c1n[nH]c2ccccc12. The second-order valence-corrected chi connectivity index (χ2v) is 5.73. The molecule has 0 aliphatic heterocycles. The number of aromatic amines is 1. The van der Waals surface area contributed by atoms with Crippen LogP contribution in [0.2, 0.25) is 0 Å². The highest BCUT2D eigenvalue weighted by Gasteiger charge is 2.23. The van der Waals surface area contributed by atoms with Crippen LogP contribution in [0.4, 0.5) is 0 Å². The van der Waals surface area contributed by atoms with Crippen molar-refractivity contribution < 1.29 is 4.79 Å². The molecule has 1 aliphatic rings. The summed E-state index contributed by atoms with van der Waals surface area (Å²) in [5.74, 6) is -0.112. The van der Waals surface area contributed by atoms with Crippen LogP contribution in [0.15, 0.2) is 48.5 Å². The maximum absolute atomic E-state index is 12.6. The number of fused-ring (bicyclic) bond motifs is 2. The van der Waals surface area contributed by atoms with Crippen LogP contribution in [0.25, 0.3) is 10.9 Å². The van der Waals surface area contributed by atoms with Crippen molar-refractivity contribution in [2.24, 2.45) is 0 Å². The van der Waals surface area contributed by atoms with Gasteiger partial charge in [-0.3, -0.25) is 9.89 Å². The number of aryl methyl sites for hydroxylation is 1. The van der Waals surface area contributed by atoms with Crippen molar-refractivity contribution in [1.82, 2.24) is 15.5 Å². The van der Waals surface area contributed by atoms with Gasteiger partial charge in [0.1, 0.15) is 0 Å². The molecule has 1 aliphatic carbocycles. The predicted molar refractivity (Wildman–Crippen MR) is 85.7 cm³/mol. The Morgan fingerprint density at radius 2 is 1.95 bits per heavy atom. The van der Waals surface area contributed by atoms with E-state index in [-0.39, 0.29) is 11.9 Å². The Balaban J connectivity index is 1.63. The largest absolute Gasteiger partial charge is 0.344 e. The Morgan fingerprint density at radius 1 is 1.14 bits per heavy atom. The monoisotopic (exact) mass is 291 g/mol. The van der Waals surface area contributed by atoms with Gasteiger partial charge in [0.05, 0.1) is 11.6 Å². The molecule has 0 bridgehead atoms. The van der Waals surface area contributed by atoms with Crippen molar-refractivity contribution in [1.29, 1.82) is 0 Å². The molecule has 1 atom stereocenters. The van der Waals surface area contributed by atoms with E-state index in [0.717, 1.165) is 30.2 Å². The normalized spacial score (nSPS) is 17.2. The number of para-hydroxylation sites is 1. The van der Waals surface area contributed by atoms with Crippen LogP contribution in [-0.4, -0.2) is 16.1 Å². The molecule has 0 fully saturated rings. The summed E-state index contributed by atoms with van der Waals surface area (Å²) >= 11 is 0. The lowest BCUT2D eigenvalue weighted by atomic mass is 9.87. The van der Waals surface area contributed by atoms with Crippen LogP contribution < -0.4 is 5.32 Å². The highest BCUT2D eigenvalue weighted by atomic mass is 16.2. The van der Waals surface area contributed by atoms with Crippen molar-refractivity contribution in [3.05, 3.63) is 65.4 Å². The fraction of sp³-hybridized carbons (Fsp3) is 0.222. The van der Waals surface area contributed by atoms with Crippen molar-refractivity contribution in [3.63, 3.8) is 0 Å². The first-order chi connectivity index (χ1) is 10.8. The fourth-order valence-corrected chi connectivity index (χ4v) is 3.27. The van der Waals surface area contributed by atoms with Gasteiger partial charge >= 0.3 is 0 Å². The number of nitrogens with zero attached hydrogens (tertiary/aromatic N) is 1. The van der Waals surface area contributed by atoms with E-state index in [0.29, 0.717) is 5.69 Å². The van der Waals surface area contributed by atoms with Crippen molar-refractivity contribution in [2.45, 2.75) is 25.3 Å². The Labute approximate surface area is 128 Å². The predicted octanol–water partition coefficient (Wildman–Crippen LogP) is 3.37. The van der Waals surface area contributed by atoms with Gasteiger partial charge in [0.2, 0.25) is 0 Å². The summed E-state index contributed by atoms with van der Waals surface area (Å²) in [6.45, 7) is 0. The summed E-state index contributed by atoms with van der Waals surface area (Å²) in [5.41, 5.74) is 3.93. The number of nitrogens with one attached hydrogen (secondary N) is 2. The van der Waals surface area contributed by atoms with E-state index in [2.05, 4.69) is 33.7 Å². The van der Waals surface area contributed by atoms with Crippen LogP contribution in [0.1, 0.15) is 40.5 Å². The molecule has 0 spiro atoms. The quantitative estimate of drug-likeness (QED) is 0.760. The molecule has 3 aromatic rings. The summed E-state index contributed by atoms with van der Waals surface area (Å²) in [7, 11) is 0. The van der Waals surface area contributed by atoms with Crippen LogP contribution in [0.5, 0.6) is 0 Å². The average Bonchev–Trinajstić information content (AvgIpc) is 2.99. The third kappa shape index (κ3) is 2.17. The van der Waals surface area contributed by atoms with Crippen LogP contribution in [0, 0.1) is 0 Å². The maximum atomic E-state index is 12.6. The minimum Gasteiger partial charge on any atom is -0.344 e. The Bertz CT molecular complexity index is 837. The Morgan fingerprint density at radius 3 is 2.91 bits per heavy atom. The number of aromatic nitrogens is 2. The molecule has 4 nitrogen and oxygen atoms in total. The summed E-state index contributed by atoms with van der Waals surface area (Å²) in [6.07, 6.45) is 3.17. The van der Waals surface area contributed by atoms with E-state index in [1.54, 1.807) is 0 Å². The van der Waals surface area contributed by atoms with Crippen molar-refractivity contribution >= 4 is 16.8 Å². The lowest BCUT2D eigenvalue weighted by Crippen LogP contribution is -2.31. The van der Waals surface area contributed by atoms with E-state index in [1.165, 1.54) is 11.1 Å². The molecule has 2 N–H and O–H groups in total. The second kappa shape index (κ2) is 5.30. The van der Waals surface area contributed by atoms with E-state index in [1.807, 2.05) is 30.3 Å². The number of carbonyl (C=O) groups excluding carboxylic acids is 1. The van der Waals surface area contributed by atoms with Gasteiger partial charge in [-0.05, 0) is 36.5 Å². The highest BCUT2D eigenvalue weighted by molar-refractivity contribution is 6.04. The van der Waals surface area contributed by atoms with Crippen LogP contribution >= 0.6 is 0 Å². The number of rotatable bonds is 2. The van der Waals surface area contributed by atoms with Gasteiger partial charge in [0.25, 0.3) is 5.91 Å². The third-order valence-electron chi connectivity index (χ3n) is 4.36. The smallest absolute Gasteiger partial charge is 0.272 e. The molecule has 2 aromatic carbocycles. The Kier molecular flexibility index (Phi) is 3.15. The fourth-order valence-electron chi connectivity index (χ4n) is 3.27. The highest BCUT2D eigenvalue weighted by Crippen LogP contribution is 2.29. The minimum atomic E-state index is -0.112. The molecule has 0 saturated carbocycles. The number of hydrogen-bond acceptors (Lipinski definition) is 2. The zero-order chi connectivity index (χ0) is 14.9. The maximum Gasteiger partial charge on any atom is 0.272 e. The van der Waals surface area contributed by atoms with Crippen molar-refractivity contribution in [2.75, 3.05) is 0 Å². The van der Waals surface area contributed by atoms with E-state index < -0.39 is 0 Å². The first-order valence-corrected chi connectivity index (χ1v) is 7.65. The summed E-state index contributed by atoms with van der Waals surface area (Å²) in [6, 6.07) is 16.1. The average molecular weight is 291 g/mol. The first kappa shape index (κ1) is 13.1. The first-order valence-electron chi connectivity index (χ1n) is 7.65. The number of carbonyl (C=O) groups is 1. The standard InChI is InChI=1S/C18H17N3O/c22-18(17-14-9-3-4-10-16(14)20-21-17)19-15-11-5-7-12-6-1-2-8-13(12)15/h1-4,6,8-10,15H,5,7,11H2,(H,19,22)(H,20,21)/t15-/m1/s1. The zero-order valence-electron chi connectivity index (χ0n) is 12.2. The molecule has 1 aromatic heterocycles. The van der Waals surface area contributed by atoms with Gasteiger partial charge < -0.3 is 5.32 Å². The van der Waals surface area contributed by atoms with E-state index in [9.17, 15) is 4.79 Å². The van der Waals surface area contributed by atoms with Gasteiger partial charge in [-0.25, -0.2) is 0 Å². The number of benzene rings is 2. The van der Waals surface area contributed by atoms with Gasteiger partial charge in [0, 0.05) is 5.39 Å². The third-order valence-corrected chi connectivity index (χ3v) is 4.36. The molecule has 110 valence electrons. The molecule has 0 radical (unpaired) electrons.